The predicted octanol–water partition coefficient (Wildman–Crippen LogP) is -0.0230. The SMILES string of the molecule is O=C(O)C(=O)Nc1ccccc1C(=O)C(=O)O. The van der Waals surface area contributed by atoms with E-state index < -0.39 is 23.6 Å². The first-order chi connectivity index (χ1) is 7.93. The van der Waals surface area contributed by atoms with Crippen LogP contribution in [0, 0.1) is 0 Å². The van der Waals surface area contributed by atoms with Gasteiger partial charge in [0.2, 0.25) is 0 Å². The Morgan fingerprint density at radius 3 is 2.06 bits per heavy atom. The van der Waals surface area contributed by atoms with Crippen molar-refractivity contribution in [3.05, 3.63) is 29.8 Å². The summed E-state index contributed by atoms with van der Waals surface area (Å²) in [7, 11) is 0. The number of carbonyl (C=O) groups excluding carboxylic acids is 2. The smallest absolute Gasteiger partial charge is 0.394 e. The second-order valence-electron chi connectivity index (χ2n) is 2.94. The van der Waals surface area contributed by atoms with Crippen molar-refractivity contribution in [2.24, 2.45) is 0 Å². The molecule has 0 aromatic heterocycles. The molecule has 1 rings (SSSR count). The molecule has 0 aliphatic heterocycles. The summed E-state index contributed by atoms with van der Waals surface area (Å²) >= 11 is 0. The van der Waals surface area contributed by atoms with Gasteiger partial charge < -0.3 is 15.5 Å². The quantitative estimate of drug-likeness (QED) is 0.501. The molecule has 0 aliphatic rings. The highest BCUT2D eigenvalue weighted by molar-refractivity contribution is 6.42. The molecule has 0 fully saturated rings. The monoisotopic (exact) mass is 237 g/mol. The molecular weight excluding hydrogens is 230 g/mol. The van der Waals surface area contributed by atoms with Crippen molar-refractivity contribution in [2.45, 2.75) is 0 Å². The molecule has 0 radical (unpaired) electrons. The summed E-state index contributed by atoms with van der Waals surface area (Å²) in [4.78, 5) is 42.9. The van der Waals surface area contributed by atoms with E-state index in [2.05, 4.69) is 0 Å². The third kappa shape index (κ3) is 2.88. The molecule has 17 heavy (non-hydrogen) atoms. The van der Waals surface area contributed by atoms with Crippen molar-refractivity contribution >= 4 is 29.3 Å². The lowest BCUT2D eigenvalue weighted by Gasteiger charge is -2.06. The van der Waals surface area contributed by atoms with E-state index in [9.17, 15) is 19.2 Å². The van der Waals surface area contributed by atoms with Gasteiger partial charge in [-0.3, -0.25) is 9.59 Å². The Kier molecular flexibility index (Phi) is 3.55. The topological polar surface area (TPSA) is 121 Å². The van der Waals surface area contributed by atoms with E-state index in [1.54, 1.807) is 0 Å². The average molecular weight is 237 g/mol. The van der Waals surface area contributed by atoms with Gasteiger partial charge in [-0.2, -0.15) is 0 Å². The van der Waals surface area contributed by atoms with E-state index >= 15 is 0 Å². The van der Waals surface area contributed by atoms with Crippen LogP contribution in [0.2, 0.25) is 0 Å². The number of amides is 1. The highest BCUT2D eigenvalue weighted by atomic mass is 16.4. The van der Waals surface area contributed by atoms with Gasteiger partial charge in [-0.15, -0.1) is 0 Å². The van der Waals surface area contributed by atoms with Gasteiger partial charge >= 0.3 is 17.8 Å². The summed E-state index contributed by atoms with van der Waals surface area (Å²) in [5.41, 5.74) is -0.443. The summed E-state index contributed by atoms with van der Waals surface area (Å²) in [6.45, 7) is 0. The summed E-state index contributed by atoms with van der Waals surface area (Å²) in [6, 6.07) is 5.23. The van der Waals surface area contributed by atoms with Gasteiger partial charge in [0.1, 0.15) is 0 Å². The molecule has 0 atom stereocenters. The lowest BCUT2D eigenvalue weighted by molar-refractivity contribution is -0.147. The molecular formula is C10H7NO6. The van der Waals surface area contributed by atoms with Gasteiger partial charge in [-0.05, 0) is 12.1 Å². The number of anilines is 1. The number of ketones is 1. The third-order valence-electron chi connectivity index (χ3n) is 1.81. The summed E-state index contributed by atoms with van der Waals surface area (Å²) in [5, 5.41) is 18.8. The van der Waals surface area contributed by atoms with Crippen LogP contribution in [0.15, 0.2) is 24.3 Å². The molecule has 0 saturated carbocycles. The second kappa shape index (κ2) is 4.88. The van der Waals surface area contributed by atoms with Gasteiger partial charge in [0, 0.05) is 0 Å². The first-order valence-electron chi connectivity index (χ1n) is 4.34. The first kappa shape index (κ1) is 12.4. The van der Waals surface area contributed by atoms with Crippen LogP contribution in [-0.4, -0.2) is 33.8 Å². The van der Waals surface area contributed by atoms with E-state index in [0.717, 1.165) is 0 Å². The second-order valence-corrected chi connectivity index (χ2v) is 2.94. The maximum absolute atomic E-state index is 11.2. The molecule has 0 unspecified atom stereocenters. The molecule has 0 spiro atoms. The van der Waals surface area contributed by atoms with Gasteiger partial charge in [0.15, 0.2) is 0 Å². The zero-order chi connectivity index (χ0) is 13.0. The molecule has 0 aliphatic carbocycles. The Morgan fingerprint density at radius 1 is 0.941 bits per heavy atom. The highest BCUT2D eigenvalue weighted by Crippen LogP contribution is 2.15. The number of carbonyl (C=O) groups is 4. The maximum Gasteiger partial charge on any atom is 0.394 e. The number of Topliss-reactive ketones (excluding diaryl/α,β-unsaturated/α-hetero) is 1. The number of nitrogens with one attached hydrogen (secondary N) is 1. The van der Waals surface area contributed by atoms with Crippen LogP contribution in [0.3, 0.4) is 0 Å². The molecule has 88 valence electrons. The van der Waals surface area contributed by atoms with Crippen LogP contribution >= 0.6 is 0 Å². The fourth-order valence-corrected chi connectivity index (χ4v) is 1.08. The highest BCUT2D eigenvalue weighted by Gasteiger charge is 2.20. The van der Waals surface area contributed by atoms with Crippen molar-refractivity contribution in [1.82, 2.24) is 0 Å². The van der Waals surface area contributed by atoms with Crippen LogP contribution in [0.1, 0.15) is 10.4 Å². The Bertz CT molecular complexity index is 507. The number of para-hydroxylation sites is 1. The van der Waals surface area contributed by atoms with E-state index in [4.69, 9.17) is 10.2 Å². The lowest BCUT2D eigenvalue weighted by atomic mass is 10.1. The maximum atomic E-state index is 11.2. The molecule has 0 saturated heterocycles. The number of benzene rings is 1. The van der Waals surface area contributed by atoms with Crippen LogP contribution < -0.4 is 5.32 Å². The molecule has 0 heterocycles. The van der Waals surface area contributed by atoms with Gasteiger partial charge in [0.05, 0.1) is 11.3 Å². The van der Waals surface area contributed by atoms with Gasteiger partial charge in [-0.25, -0.2) is 9.59 Å². The molecule has 1 aromatic rings. The molecule has 0 bridgehead atoms. The number of hydrogen-bond donors (Lipinski definition) is 3. The fourth-order valence-electron chi connectivity index (χ4n) is 1.08. The van der Waals surface area contributed by atoms with E-state index in [1.807, 2.05) is 5.32 Å². The first-order valence-corrected chi connectivity index (χ1v) is 4.34. The standard InChI is InChI=1S/C10H7NO6/c12-7(9(14)15)5-3-1-2-4-6(5)11-8(13)10(16)17/h1-4H,(H,11,13)(H,14,15)(H,16,17). The Labute approximate surface area is 94.7 Å². The molecule has 3 N–H and O–H groups in total. The van der Waals surface area contributed by atoms with Crippen molar-refractivity contribution < 1.29 is 29.4 Å². The Balaban J connectivity index is 3.08. The Hall–Kier alpha value is -2.70. The van der Waals surface area contributed by atoms with E-state index in [0.29, 0.717) is 0 Å². The molecule has 7 nitrogen and oxygen atoms in total. The lowest BCUT2D eigenvalue weighted by Crippen LogP contribution is -2.24. The van der Waals surface area contributed by atoms with E-state index in [-0.39, 0.29) is 11.3 Å². The van der Waals surface area contributed by atoms with E-state index in [1.165, 1.54) is 24.3 Å². The summed E-state index contributed by atoms with van der Waals surface area (Å²) < 4.78 is 0. The normalized spacial score (nSPS) is 9.41. The number of carboxylic acid groups (broad SMARTS) is 2. The van der Waals surface area contributed by atoms with Gasteiger partial charge in [0.25, 0.3) is 5.78 Å². The van der Waals surface area contributed by atoms with Crippen molar-refractivity contribution in [2.75, 3.05) is 5.32 Å². The predicted molar refractivity (Wildman–Crippen MR) is 54.7 cm³/mol. The van der Waals surface area contributed by atoms with Crippen LogP contribution in [0.25, 0.3) is 0 Å². The molecule has 7 heteroatoms. The number of carboxylic acids is 2. The fraction of sp³-hybridized carbons (Fsp3) is 0. The van der Waals surface area contributed by atoms with Crippen LogP contribution in [0.4, 0.5) is 5.69 Å². The number of aliphatic carboxylic acids is 2. The minimum atomic E-state index is -1.73. The van der Waals surface area contributed by atoms with Crippen molar-refractivity contribution in [3.8, 4) is 0 Å². The van der Waals surface area contributed by atoms with Gasteiger partial charge in [-0.1, -0.05) is 12.1 Å². The van der Waals surface area contributed by atoms with Crippen LogP contribution in [-0.2, 0) is 14.4 Å². The molecule has 1 amide bonds. The third-order valence-corrected chi connectivity index (χ3v) is 1.81. The Morgan fingerprint density at radius 2 is 1.53 bits per heavy atom. The molecule has 1 aromatic carbocycles. The summed E-state index contributed by atoms with van der Waals surface area (Å²) in [6.07, 6.45) is 0. The van der Waals surface area contributed by atoms with Crippen LogP contribution in [0.5, 0.6) is 0 Å². The van der Waals surface area contributed by atoms with Crippen molar-refractivity contribution in [1.29, 1.82) is 0 Å². The minimum Gasteiger partial charge on any atom is -0.475 e. The number of hydrogen-bond acceptors (Lipinski definition) is 4. The largest absolute Gasteiger partial charge is 0.475 e. The zero-order valence-corrected chi connectivity index (χ0v) is 8.34. The zero-order valence-electron chi connectivity index (χ0n) is 8.34. The summed E-state index contributed by atoms with van der Waals surface area (Å²) in [5.74, 6) is -6.01. The average Bonchev–Trinajstić information content (AvgIpc) is 2.28. The minimum absolute atomic E-state index is 0.160. The van der Waals surface area contributed by atoms with Crippen molar-refractivity contribution in [3.63, 3.8) is 0 Å². The number of rotatable bonds is 3.